The Morgan fingerprint density at radius 3 is 2.67 bits per heavy atom. The fourth-order valence-corrected chi connectivity index (χ4v) is 2.25. The molecule has 1 rings (SSSR count). The summed E-state index contributed by atoms with van der Waals surface area (Å²) in [5.74, 6) is 0.920. The van der Waals surface area contributed by atoms with Crippen LogP contribution in [0.4, 0.5) is 0 Å². The number of unbranched alkanes of at least 4 members (excludes halogenated alkanes) is 1. The van der Waals surface area contributed by atoms with Crippen molar-refractivity contribution in [2.24, 2.45) is 0 Å². The zero-order valence-corrected chi connectivity index (χ0v) is 12.4. The molecular weight excluding hydrogens is 246 g/mol. The summed E-state index contributed by atoms with van der Waals surface area (Å²) in [7, 11) is 1.71. The molecule has 0 saturated heterocycles. The lowest BCUT2D eigenvalue weighted by Crippen LogP contribution is -2.22. The maximum atomic E-state index is 6.10. The van der Waals surface area contributed by atoms with Crippen LogP contribution in [0.15, 0.2) is 18.2 Å². The number of ether oxygens (including phenoxy) is 1. The van der Waals surface area contributed by atoms with Gasteiger partial charge in [-0.1, -0.05) is 38.3 Å². The fraction of sp³-hybridized carbons (Fsp3) is 0.600. The standard InChI is InChI=1S/C15H24ClNO/c1-4-6-7-14(17-10-5-2)13-11-12(16)8-9-15(13)18-3/h8-9,11,14,17H,4-7,10H2,1-3H3. The van der Waals surface area contributed by atoms with Crippen LogP contribution in [0.2, 0.25) is 5.02 Å². The molecule has 1 aromatic carbocycles. The predicted octanol–water partition coefficient (Wildman–Crippen LogP) is 4.58. The van der Waals surface area contributed by atoms with Crippen molar-refractivity contribution in [3.05, 3.63) is 28.8 Å². The highest BCUT2D eigenvalue weighted by Gasteiger charge is 2.15. The van der Waals surface area contributed by atoms with Gasteiger partial charge in [-0.3, -0.25) is 0 Å². The van der Waals surface area contributed by atoms with Gasteiger partial charge in [0.15, 0.2) is 0 Å². The van der Waals surface area contributed by atoms with Gasteiger partial charge in [0.2, 0.25) is 0 Å². The third-order valence-electron chi connectivity index (χ3n) is 3.05. The molecule has 0 aromatic heterocycles. The van der Waals surface area contributed by atoms with E-state index >= 15 is 0 Å². The largest absolute Gasteiger partial charge is 0.496 e. The molecule has 0 amide bonds. The fourth-order valence-electron chi connectivity index (χ4n) is 2.07. The first-order chi connectivity index (χ1) is 8.72. The maximum absolute atomic E-state index is 6.10. The van der Waals surface area contributed by atoms with Gasteiger partial charge in [0.25, 0.3) is 0 Å². The molecule has 0 saturated carbocycles. The summed E-state index contributed by atoms with van der Waals surface area (Å²) >= 11 is 6.10. The van der Waals surface area contributed by atoms with E-state index in [0.717, 1.165) is 30.2 Å². The first-order valence-corrected chi connectivity index (χ1v) is 7.17. The molecule has 1 N–H and O–H groups in total. The van der Waals surface area contributed by atoms with Gasteiger partial charge in [0.05, 0.1) is 7.11 Å². The summed E-state index contributed by atoms with van der Waals surface area (Å²) in [6.45, 7) is 5.41. The van der Waals surface area contributed by atoms with E-state index in [1.165, 1.54) is 18.4 Å². The third kappa shape index (κ3) is 4.51. The van der Waals surface area contributed by atoms with Crippen LogP contribution in [0.25, 0.3) is 0 Å². The highest BCUT2D eigenvalue weighted by Crippen LogP contribution is 2.31. The Kier molecular flexibility index (Phi) is 7.14. The molecule has 1 atom stereocenters. The molecular formula is C15H24ClNO. The van der Waals surface area contributed by atoms with E-state index in [1.54, 1.807) is 7.11 Å². The first-order valence-electron chi connectivity index (χ1n) is 6.79. The van der Waals surface area contributed by atoms with Crippen molar-refractivity contribution >= 4 is 11.6 Å². The Morgan fingerprint density at radius 2 is 2.06 bits per heavy atom. The van der Waals surface area contributed by atoms with Crippen molar-refractivity contribution in [2.45, 2.75) is 45.6 Å². The molecule has 3 heteroatoms. The molecule has 1 aromatic rings. The minimum Gasteiger partial charge on any atom is -0.496 e. The van der Waals surface area contributed by atoms with Gasteiger partial charge in [-0.25, -0.2) is 0 Å². The Morgan fingerprint density at radius 1 is 1.28 bits per heavy atom. The number of rotatable bonds is 8. The van der Waals surface area contributed by atoms with E-state index < -0.39 is 0 Å². The van der Waals surface area contributed by atoms with Gasteiger partial charge in [0.1, 0.15) is 5.75 Å². The second-order valence-electron chi connectivity index (χ2n) is 4.54. The highest BCUT2D eigenvalue weighted by atomic mass is 35.5. The molecule has 18 heavy (non-hydrogen) atoms. The number of hydrogen-bond acceptors (Lipinski definition) is 2. The topological polar surface area (TPSA) is 21.3 Å². The number of halogens is 1. The van der Waals surface area contributed by atoms with Gasteiger partial charge >= 0.3 is 0 Å². The van der Waals surface area contributed by atoms with Crippen LogP contribution < -0.4 is 10.1 Å². The van der Waals surface area contributed by atoms with Crippen LogP contribution in [0.5, 0.6) is 5.75 Å². The van der Waals surface area contributed by atoms with E-state index in [9.17, 15) is 0 Å². The Bertz CT molecular complexity index is 346. The Labute approximate surface area is 116 Å². The van der Waals surface area contributed by atoms with Gasteiger partial charge in [-0.05, 0) is 37.6 Å². The number of methoxy groups -OCH3 is 1. The van der Waals surface area contributed by atoms with Gasteiger partial charge in [0, 0.05) is 16.6 Å². The zero-order valence-electron chi connectivity index (χ0n) is 11.6. The summed E-state index contributed by atoms with van der Waals surface area (Å²) in [6.07, 6.45) is 4.66. The molecule has 0 aliphatic heterocycles. The van der Waals surface area contributed by atoms with Crippen molar-refractivity contribution in [3.8, 4) is 5.75 Å². The van der Waals surface area contributed by atoms with E-state index in [0.29, 0.717) is 6.04 Å². The molecule has 0 fully saturated rings. The Balaban J connectivity index is 2.90. The van der Waals surface area contributed by atoms with Crippen molar-refractivity contribution in [1.82, 2.24) is 5.32 Å². The molecule has 0 bridgehead atoms. The summed E-state index contributed by atoms with van der Waals surface area (Å²) in [6, 6.07) is 6.17. The molecule has 2 nitrogen and oxygen atoms in total. The molecule has 0 heterocycles. The average molecular weight is 270 g/mol. The molecule has 0 radical (unpaired) electrons. The summed E-state index contributed by atoms with van der Waals surface area (Å²) < 4.78 is 5.44. The summed E-state index contributed by atoms with van der Waals surface area (Å²) in [4.78, 5) is 0. The van der Waals surface area contributed by atoms with Crippen LogP contribution in [0, 0.1) is 0 Å². The average Bonchev–Trinajstić information content (AvgIpc) is 2.39. The number of hydrogen-bond donors (Lipinski definition) is 1. The van der Waals surface area contributed by atoms with E-state index in [2.05, 4.69) is 19.2 Å². The minimum atomic E-state index is 0.332. The van der Waals surface area contributed by atoms with E-state index in [1.807, 2.05) is 18.2 Å². The molecule has 1 unspecified atom stereocenters. The quantitative estimate of drug-likeness (QED) is 0.746. The number of benzene rings is 1. The molecule has 102 valence electrons. The van der Waals surface area contributed by atoms with Crippen LogP contribution in [-0.4, -0.2) is 13.7 Å². The Hall–Kier alpha value is -0.730. The lowest BCUT2D eigenvalue weighted by Gasteiger charge is -2.21. The summed E-state index contributed by atoms with van der Waals surface area (Å²) in [5.41, 5.74) is 1.17. The van der Waals surface area contributed by atoms with Crippen molar-refractivity contribution in [1.29, 1.82) is 0 Å². The second-order valence-corrected chi connectivity index (χ2v) is 4.97. The highest BCUT2D eigenvalue weighted by molar-refractivity contribution is 6.30. The lowest BCUT2D eigenvalue weighted by atomic mass is 10.00. The lowest BCUT2D eigenvalue weighted by molar-refractivity contribution is 0.392. The third-order valence-corrected chi connectivity index (χ3v) is 3.29. The zero-order chi connectivity index (χ0) is 13.4. The monoisotopic (exact) mass is 269 g/mol. The second kappa shape index (κ2) is 8.39. The normalized spacial score (nSPS) is 12.4. The molecule has 0 spiro atoms. The first kappa shape index (κ1) is 15.3. The van der Waals surface area contributed by atoms with E-state index in [-0.39, 0.29) is 0 Å². The maximum Gasteiger partial charge on any atom is 0.123 e. The summed E-state index contributed by atoms with van der Waals surface area (Å²) in [5, 5.41) is 4.35. The SMILES string of the molecule is CCCCC(NCCC)c1cc(Cl)ccc1OC. The van der Waals surface area contributed by atoms with Gasteiger partial charge in [-0.15, -0.1) is 0 Å². The molecule has 0 aliphatic carbocycles. The smallest absolute Gasteiger partial charge is 0.123 e. The van der Waals surface area contributed by atoms with Crippen LogP contribution in [0.1, 0.15) is 51.1 Å². The predicted molar refractivity (Wildman–Crippen MR) is 78.6 cm³/mol. The van der Waals surface area contributed by atoms with Crippen LogP contribution in [0.3, 0.4) is 0 Å². The van der Waals surface area contributed by atoms with Gasteiger partial charge in [-0.2, -0.15) is 0 Å². The van der Waals surface area contributed by atoms with Crippen LogP contribution >= 0.6 is 11.6 Å². The molecule has 0 aliphatic rings. The van der Waals surface area contributed by atoms with Gasteiger partial charge < -0.3 is 10.1 Å². The van der Waals surface area contributed by atoms with Crippen molar-refractivity contribution in [2.75, 3.05) is 13.7 Å². The van der Waals surface area contributed by atoms with Crippen molar-refractivity contribution in [3.63, 3.8) is 0 Å². The van der Waals surface area contributed by atoms with Crippen LogP contribution in [-0.2, 0) is 0 Å². The minimum absolute atomic E-state index is 0.332. The van der Waals surface area contributed by atoms with Crippen molar-refractivity contribution < 1.29 is 4.74 Å². The number of nitrogens with one attached hydrogen (secondary N) is 1. The van der Waals surface area contributed by atoms with E-state index in [4.69, 9.17) is 16.3 Å².